The SMILES string of the molecule is [CH]1[CH][C]2C=CC=C[C]2[CH]1.[K+]. The first-order valence-corrected chi connectivity index (χ1v) is 3.07. The first-order chi connectivity index (χ1) is 4.47. The van der Waals surface area contributed by atoms with Crippen molar-refractivity contribution in [1.29, 1.82) is 0 Å². The van der Waals surface area contributed by atoms with Crippen molar-refractivity contribution >= 4 is 0 Å². The van der Waals surface area contributed by atoms with Crippen molar-refractivity contribution < 1.29 is 51.4 Å². The van der Waals surface area contributed by atoms with Crippen LogP contribution in [0.1, 0.15) is 0 Å². The molecular weight excluding hydrogens is 147 g/mol. The number of allylic oxidation sites excluding steroid dienone is 4. The summed E-state index contributed by atoms with van der Waals surface area (Å²) in [7, 11) is 0. The molecule has 2 rings (SSSR count). The number of fused-ring (bicyclic) bond motifs is 1. The van der Waals surface area contributed by atoms with Gasteiger partial charge in [0.15, 0.2) is 0 Å². The molecule has 2 aliphatic carbocycles. The maximum absolute atomic E-state index is 2.12. The van der Waals surface area contributed by atoms with Gasteiger partial charge in [0.1, 0.15) is 0 Å². The van der Waals surface area contributed by atoms with Gasteiger partial charge < -0.3 is 0 Å². The predicted octanol–water partition coefficient (Wildman–Crippen LogP) is -1.11. The van der Waals surface area contributed by atoms with Gasteiger partial charge in [0.25, 0.3) is 0 Å². The molecule has 1 fully saturated rings. The summed E-state index contributed by atoms with van der Waals surface area (Å²) >= 11 is 0. The fourth-order valence-electron chi connectivity index (χ4n) is 1.07. The molecule has 0 saturated heterocycles. The van der Waals surface area contributed by atoms with Gasteiger partial charge in [-0.3, -0.25) is 0 Å². The molecule has 0 amide bonds. The fraction of sp³-hybridized carbons (Fsp3) is 0. The van der Waals surface area contributed by atoms with Crippen LogP contribution in [0.15, 0.2) is 24.3 Å². The molecule has 10 heavy (non-hydrogen) atoms. The Morgan fingerprint density at radius 3 is 1.80 bits per heavy atom. The predicted molar refractivity (Wildman–Crippen MR) is 37.7 cm³/mol. The molecule has 0 aromatic heterocycles. The molecule has 0 spiro atoms. The van der Waals surface area contributed by atoms with Crippen molar-refractivity contribution in [2.45, 2.75) is 0 Å². The Morgan fingerprint density at radius 1 is 0.800 bits per heavy atom. The van der Waals surface area contributed by atoms with Gasteiger partial charge >= 0.3 is 51.4 Å². The van der Waals surface area contributed by atoms with Crippen LogP contribution in [0, 0.1) is 31.1 Å². The van der Waals surface area contributed by atoms with Crippen LogP contribution in [0.25, 0.3) is 0 Å². The summed E-state index contributed by atoms with van der Waals surface area (Å²) in [6.07, 6.45) is 14.7. The topological polar surface area (TPSA) is 0 Å². The summed E-state index contributed by atoms with van der Waals surface area (Å²) in [5.41, 5.74) is 0. The second kappa shape index (κ2) is 4.22. The molecule has 0 bridgehead atoms. The van der Waals surface area contributed by atoms with E-state index >= 15 is 0 Å². The Kier molecular flexibility index (Phi) is 3.88. The second-order valence-electron chi connectivity index (χ2n) is 2.15. The molecule has 1 saturated carbocycles. The van der Waals surface area contributed by atoms with Crippen LogP contribution in [0.5, 0.6) is 0 Å². The minimum atomic E-state index is 0. The monoisotopic (exact) mass is 154 g/mol. The third-order valence-electron chi connectivity index (χ3n) is 1.55. The van der Waals surface area contributed by atoms with Crippen molar-refractivity contribution in [3.63, 3.8) is 0 Å². The summed E-state index contributed by atoms with van der Waals surface area (Å²) in [5.74, 6) is 2.66. The standard InChI is InChI=1S/C9H7.K/c1-2-5-9-7-3-6-8(9)4-1;/h1-7H;/q;+1. The molecule has 1 heteroatoms. The summed E-state index contributed by atoms with van der Waals surface area (Å²) in [6, 6.07) is 0. The quantitative estimate of drug-likeness (QED) is 0.388. The van der Waals surface area contributed by atoms with E-state index in [0.29, 0.717) is 0 Å². The molecule has 0 aromatic rings. The van der Waals surface area contributed by atoms with Crippen molar-refractivity contribution in [2.75, 3.05) is 0 Å². The van der Waals surface area contributed by atoms with Crippen LogP contribution < -0.4 is 51.4 Å². The molecule has 0 N–H and O–H groups in total. The minimum Gasteiger partial charge on any atom is -0.0762 e. The average Bonchev–Trinajstić information content (AvgIpc) is 2.33. The largest absolute Gasteiger partial charge is 1.00 e. The van der Waals surface area contributed by atoms with Crippen LogP contribution in [-0.4, -0.2) is 0 Å². The normalized spacial score (nSPS) is 24.4. The van der Waals surface area contributed by atoms with E-state index in [4.69, 9.17) is 0 Å². The van der Waals surface area contributed by atoms with Crippen LogP contribution in [0.2, 0.25) is 0 Å². The van der Waals surface area contributed by atoms with Gasteiger partial charge in [-0.2, -0.15) is 0 Å². The average molecular weight is 154 g/mol. The molecule has 0 heterocycles. The van der Waals surface area contributed by atoms with Crippen molar-refractivity contribution in [3.05, 3.63) is 55.4 Å². The smallest absolute Gasteiger partial charge is 0.0762 e. The summed E-state index contributed by atoms with van der Waals surface area (Å²) < 4.78 is 0. The Hall–Kier alpha value is 1.12. The Bertz CT molecular complexity index is 140. The van der Waals surface area contributed by atoms with E-state index in [2.05, 4.69) is 43.6 Å². The zero-order valence-electron chi connectivity index (χ0n) is 6.04. The van der Waals surface area contributed by atoms with Gasteiger partial charge in [-0.1, -0.05) is 24.3 Å². The molecule has 0 atom stereocenters. The molecule has 0 aliphatic heterocycles. The summed E-state index contributed by atoms with van der Waals surface area (Å²) in [5, 5.41) is 0. The first-order valence-electron chi connectivity index (χ1n) is 3.07. The van der Waals surface area contributed by atoms with E-state index < -0.39 is 0 Å². The van der Waals surface area contributed by atoms with Gasteiger partial charge in [-0.05, 0) is 19.3 Å². The zero-order valence-corrected chi connectivity index (χ0v) is 9.16. The van der Waals surface area contributed by atoms with Crippen LogP contribution in [-0.2, 0) is 0 Å². The van der Waals surface area contributed by atoms with Gasteiger partial charge in [0.2, 0.25) is 0 Å². The third kappa shape index (κ3) is 1.83. The van der Waals surface area contributed by atoms with E-state index in [-0.39, 0.29) is 51.4 Å². The van der Waals surface area contributed by atoms with Crippen LogP contribution >= 0.6 is 0 Å². The maximum Gasteiger partial charge on any atom is 1.00 e. The van der Waals surface area contributed by atoms with Crippen LogP contribution in [0.4, 0.5) is 0 Å². The summed E-state index contributed by atoms with van der Waals surface area (Å²) in [4.78, 5) is 0. The maximum atomic E-state index is 2.12. The molecule has 0 aromatic carbocycles. The number of hydrogen-bond donors (Lipinski definition) is 0. The minimum absolute atomic E-state index is 0. The van der Waals surface area contributed by atoms with Crippen molar-refractivity contribution in [2.24, 2.45) is 0 Å². The van der Waals surface area contributed by atoms with Gasteiger partial charge in [0, 0.05) is 11.8 Å². The van der Waals surface area contributed by atoms with Crippen molar-refractivity contribution in [1.82, 2.24) is 0 Å². The van der Waals surface area contributed by atoms with Gasteiger partial charge in [-0.15, -0.1) is 0 Å². The van der Waals surface area contributed by atoms with Gasteiger partial charge in [0.05, 0.1) is 0 Å². The number of rotatable bonds is 0. The second-order valence-corrected chi connectivity index (χ2v) is 2.15. The molecular formula is C9H7K+. The molecule has 0 unspecified atom stereocenters. The third-order valence-corrected chi connectivity index (χ3v) is 1.55. The first kappa shape index (κ1) is 9.21. The Morgan fingerprint density at radius 2 is 1.30 bits per heavy atom. The number of hydrogen-bond acceptors (Lipinski definition) is 0. The molecule has 5 radical (unpaired) electrons. The summed E-state index contributed by atoms with van der Waals surface area (Å²) in [6.45, 7) is 0. The van der Waals surface area contributed by atoms with E-state index in [1.165, 1.54) is 11.8 Å². The van der Waals surface area contributed by atoms with Gasteiger partial charge in [-0.25, -0.2) is 0 Å². The van der Waals surface area contributed by atoms with E-state index in [9.17, 15) is 0 Å². The zero-order chi connectivity index (χ0) is 6.10. The van der Waals surface area contributed by atoms with Crippen molar-refractivity contribution in [3.8, 4) is 0 Å². The Balaban J connectivity index is 0.000000500. The molecule has 2 aliphatic rings. The van der Waals surface area contributed by atoms with Crippen LogP contribution in [0.3, 0.4) is 0 Å². The molecule has 43 valence electrons. The van der Waals surface area contributed by atoms with E-state index in [1.807, 2.05) is 0 Å². The van der Waals surface area contributed by atoms with E-state index in [1.54, 1.807) is 0 Å². The molecule has 0 nitrogen and oxygen atoms in total. The fourth-order valence-corrected chi connectivity index (χ4v) is 1.07. The Labute approximate surface area is 105 Å². The van der Waals surface area contributed by atoms with E-state index in [0.717, 1.165) is 0 Å².